The van der Waals surface area contributed by atoms with Gasteiger partial charge < -0.3 is 15.4 Å². The molecule has 0 fully saturated rings. The minimum atomic E-state index is -0.377. The SMILES string of the molecule is COCCNC(=O)c1cc(C(=O)NCCc2ccccc2F)ccn1. The molecule has 1 aromatic heterocycles. The lowest BCUT2D eigenvalue weighted by Crippen LogP contribution is -2.29. The molecular formula is C18H20FN3O3. The van der Waals surface area contributed by atoms with Gasteiger partial charge in [0.25, 0.3) is 11.8 Å². The number of benzene rings is 1. The van der Waals surface area contributed by atoms with Crippen LogP contribution in [0, 0.1) is 5.82 Å². The Balaban J connectivity index is 1.90. The van der Waals surface area contributed by atoms with Crippen LogP contribution in [0.4, 0.5) is 4.39 Å². The molecule has 0 atom stereocenters. The van der Waals surface area contributed by atoms with Crippen LogP contribution in [0.25, 0.3) is 0 Å². The minimum absolute atomic E-state index is 0.151. The number of hydrogen-bond donors (Lipinski definition) is 2. The van der Waals surface area contributed by atoms with Crippen molar-refractivity contribution in [3.8, 4) is 0 Å². The van der Waals surface area contributed by atoms with Crippen molar-refractivity contribution in [2.24, 2.45) is 0 Å². The lowest BCUT2D eigenvalue weighted by molar-refractivity contribution is 0.0932. The number of rotatable bonds is 8. The number of hydrogen-bond acceptors (Lipinski definition) is 4. The Morgan fingerprint density at radius 3 is 2.64 bits per heavy atom. The quantitative estimate of drug-likeness (QED) is 0.712. The number of ether oxygens (including phenoxy) is 1. The van der Waals surface area contributed by atoms with Gasteiger partial charge in [-0.15, -0.1) is 0 Å². The van der Waals surface area contributed by atoms with E-state index in [4.69, 9.17) is 4.74 Å². The third-order valence-electron chi connectivity index (χ3n) is 3.48. The number of carbonyl (C=O) groups excluding carboxylic acids is 2. The predicted molar refractivity (Wildman–Crippen MR) is 90.9 cm³/mol. The van der Waals surface area contributed by atoms with Crippen LogP contribution in [0.2, 0.25) is 0 Å². The van der Waals surface area contributed by atoms with Gasteiger partial charge >= 0.3 is 0 Å². The predicted octanol–water partition coefficient (Wildman–Crippen LogP) is 1.57. The third kappa shape index (κ3) is 5.65. The Bertz CT molecular complexity index is 737. The van der Waals surface area contributed by atoms with Crippen LogP contribution in [0.3, 0.4) is 0 Å². The second kappa shape index (κ2) is 9.48. The van der Waals surface area contributed by atoms with E-state index in [1.165, 1.54) is 31.5 Å². The number of methoxy groups -OCH3 is 1. The smallest absolute Gasteiger partial charge is 0.269 e. The van der Waals surface area contributed by atoms with Crippen LogP contribution in [0.15, 0.2) is 42.6 Å². The van der Waals surface area contributed by atoms with E-state index in [0.29, 0.717) is 30.7 Å². The standard InChI is InChI=1S/C18H20FN3O3/c1-25-11-10-22-18(24)16-12-14(7-8-20-16)17(23)21-9-6-13-4-2-3-5-15(13)19/h2-5,7-8,12H,6,9-11H2,1H3,(H,21,23)(H,22,24). The molecule has 0 aliphatic carbocycles. The van der Waals surface area contributed by atoms with Crippen LogP contribution in [0.1, 0.15) is 26.4 Å². The van der Waals surface area contributed by atoms with Gasteiger partial charge in [0.05, 0.1) is 6.61 Å². The summed E-state index contributed by atoms with van der Waals surface area (Å²) in [5.41, 5.74) is 1.01. The van der Waals surface area contributed by atoms with Crippen molar-refractivity contribution in [1.29, 1.82) is 0 Å². The molecule has 2 amide bonds. The molecule has 0 unspecified atom stereocenters. The number of nitrogens with one attached hydrogen (secondary N) is 2. The molecule has 0 bridgehead atoms. The average Bonchev–Trinajstić information content (AvgIpc) is 2.63. The second-order valence-electron chi connectivity index (χ2n) is 5.28. The molecule has 0 aliphatic rings. The number of aromatic nitrogens is 1. The fourth-order valence-electron chi connectivity index (χ4n) is 2.17. The number of carbonyl (C=O) groups is 2. The van der Waals surface area contributed by atoms with Gasteiger partial charge in [0.1, 0.15) is 11.5 Å². The molecule has 2 rings (SSSR count). The molecule has 2 aromatic rings. The van der Waals surface area contributed by atoms with Crippen molar-refractivity contribution in [1.82, 2.24) is 15.6 Å². The van der Waals surface area contributed by atoms with E-state index in [1.807, 2.05) is 0 Å². The summed E-state index contributed by atoms with van der Waals surface area (Å²) in [6.07, 6.45) is 1.78. The molecule has 0 aliphatic heterocycles. The van der Waals surface area contributed by atoms with Crippen LogP contribution in [-0.2, 0) is 11.2 Å². The Morgan fingerprint density at radius 2 is 1.88 bits per heavy atom. The molecule has 0 radical (unpaired) electrons. The van der Waals surface area contributed by atoms with Gasteiger partial charge in [0, 0.05) is 32.0 Å². The maximum absolute atomic E-state index is 13.5. The van der Waals surface area contributed by atoms with Crippen LogP contribution < -0.4 is 10.6 Å². The number of halogens is 1. The molecule has 0 saturated carbocycles. The normalized spacial score (nSPS) is 10.3. The van der Waals surface area contributed by atoms with Gasteiger partial charge in [-0.05, 0) is 30.2 Å². The zero-order chi connectivity index (χ0) is 18.1. The first kappa shape index (κ1) is 18.5. The first-order chi connectivity index (χ1) is 12.1. The summed E-state index contributed by atoms with van der Waals surface area (Å²) in [7, 11) is 1.54. The maximum Gasteiger partial charge on any atom is 0.269 e. The van der Waals surface area contributed by atoms with Gasteiger partial charge in [0.15, 0.2) is 0 Å². The van der Waals surface area contributed by atoms with Crippen molar-refractivity contribution in [3.63, 3.8) is 0 Å². The second-order valence-corrected chi connectivity index (χ2v) is 5.28. The molecule has 7 heteroatoms. The summed E-state index contributed by atoms with van der Waals surface area (Å²) >= 11 is 0. The summed E-state index contributed by atoms with van der Waals surface area (Å²) < 4.78 is 18.4. The van der Waals surface area contributed by atoms with E-state index < -0.39 is 0 Å². The molecule has 1 heterocycles. The van der Waals surface area contributed by atoms with Crippen molar-refractivity contribution in [2.45, 2.75) is 6.42 Å². The van der Waals surface area contributed by atoms with Crippen molar-refractivity contribution < 1.29 is 18.7 Å². The van der Waals surface area contributed by atoms with Crippen LogP contribution >= 0.6 is 0 Å². The van der Waals surface area contributed by atoms with Gasteiger partial charge in [-0.2, -0.15) is 0 Å². The number of pyridine rings is 1. The van der Waals surface area contributed by atoms with E-state index in [-0.39, 0.29) is 29.9 Å². The molecule has 1 aromatic carbocycles. The van der Waals surface area contributed by atoms with Crippen LogP contribution in [-0.4, -0.2) is 43.6 Å². The molecule has 25 heavy (non-hydrogen) atoms. The van der Waals surface area contributed by atoms with Crippen molar-refractivity contribution in [3.05, 3.63) is 65.2 Å². The summed E-state index contributed by atoms with van der Waals surface area (Å²) in [5, 5.41) is 5.35. The van der Waals surface area contributed by atoms with E-state index in [1.54, 1.807) is 18.2 Å². The Hall–Kier alpha value is -2.80. The molecule has 0 saturated heterocycles. The average molecular weight is 345 g/mol. The van der Waals surface area contributed by atoms with Gasteiger partial charge in [-0.25, -0.2) is 4.39 Å². The fraction of sp³-hybridized carbons (Fsp3) is 0.278. The van der Waals surface area contributed by atoms with Gasteiger partial charge in [-0.1, -0.05) is 18.2 Å². The number of nitrogens with zero attached hydrogens (tertiary/aromatic N) is 1. The van der Waals surface area contributed by atoms with E-state index in [2.05, 4.69) is 15.6 Å². The molecule has 2 N–H and O–H groups in total. The molecule has 6 nitrogen and oxygen atoms in total. The summed E-state index contributed by atoms with van der Waals surface area (Å²) in [6.45, 7) is 1.04. The highest BCUT2D eigenvalue weighted by Crippen LogP contribution is 2.07. The first-order valence-corrected chi connectivity index (χ1v) is 7.86. The summed E-state index contributed by atoms with van der Waals surface area (Å²) in [4.78, 5) is 28.1. The molecule has 0 spiro atoms. The molecular weight excluding hydrogens is 325 g/mol. The highest BCUT2D eigenvalue weighted by Gasteiger charge is 2.11. The highest BCUT2D eigenvalue weighted by molar-refractivity contribution is 5.98. The van der Waals surface area contributed by atoms with E-state index in [0.717, 1.165) is 0 Å². The Labute approximate surface area is 145 Å². The van der Waals surface area contributed by atoms with Crippen LogP contribution in [0.5, 0.6) is 0 Å². The lowest BCUT2D eigenvalue weighted by atomic mass is 10.1. The monoisotopic (exact) mass is 345 g/mol. The Kier molecular flexibility index (Phi) is 7.03. The topological polar surface area (TPSA) is 80.3 Å². The minimum Gasteiger partial charge on any atom is -0.383 e. The number of amides is 2. The largest absolute Gasteiger partial charge is 0.383 e. The fourth-order valence-corrected chi connectivity index (χ4v) is 2.17. The zero-order valence-electron chi connectivity index (χ0n) is 13.9. The maximum atomic E-state index is 13.5. The first-order valence-electron chi connectivity index (χ1n) is 7.86. The zero-order valence-corrected chi connectivity index (χ0v) is 13.9. The van der Waals surface area contributed by atoms with E-state index >= 15 is 0 Å². The highest BCUT2D eigenvalue weighted by atomic mass is 19.1. The van der Waals surface area contributed by atoms with Gasteiger partial charge in [0.2, 0.25) is 0 Å². The summed E-state index contributed by atoms with van der Waals surface area (Å²) in [5.74, 6) is -1.02. The van der Waals surface area contributed by atoms with Gasteiger partial charge in [-0.3, -0.25) is 14.6 Å². The Morgan fingerprint density at radius 1 is 1.12 bits per heavy atom. The van der Waals surface area contributed by atoms with Crippen molar-refractivity contribution >= 4 is 11.8 Å². The third-order valence-corrected chi connectivity index (χ3v) is 3.48. The van der Waals surface area contributed by atoms with Crippen molar-refractivity contribution in [2.75, 3.05) is 26.8 Å². The molecule has 132 valence electrons. The lowest BCUT2D eigenvalue weighted by Gasteiger charge is -2.08. The van der Waals surface area contributed by atoms with E-state index in [9.17, 15) is 14.0 Å². The summed E-state index contributed by atoms with van der Waals surface area (Å²) in [6, 6.07) is 9.36.